The van der Waals surface area contributed by atoms with E-state index in [0.717, 1.165) is 12.5 Å². The molecule has 2 heteroatoms. The van der Waals surface area contributed by atoms with Gasteiger partial charge in [0, 0.05) is 7.11 Å². The maximum Gasteiger partial charge on any atom is 0.0576 e. The van der Waals surface area contributed by atoms with Crippen molar-refractivity contribution in [2.75, 3.05) is 20.7 Å². The summed E-state index contributed by atoms with van der Waals surface area (Å²) in [5.41, 5.74) is 0. The second-order valence-corrected chi connectivity index (χ2v) is 3.44. The molecule has 0 aromatic carbocycles. The lowest BCUT2D eigenvalue weighted by atomic mass is 9.79. The van der Waals surface area contributed by atoms with E-state index in [4.69, 9.17) is 4.74 Å². The maximum absolute atomic E-state index is 5.21. The van der Waals surface area contributed by atoms with Crippen LogP contribution in [0.25, 0.3) is 0 Å². The summed E-state index contributed by atoms with van der Waals surface area (Å²) in [6.45, 7) is 1.16. The molecule has 1 saturated carbocycles. The Labute approximate surface area is 69.3 Å². The van der Waals surface area contributed by atoms with E-state index < -0.39 is 0 Å². The van der Waals surface area contributed by atoms with Crippen molar-refractivity contribution >= 4 is 0 Å². The van der Waals surface area contributed by atoms with Crippen molar-refractivity contribution in [3.05, 3.63) is 0 Å². The Hall–Kier alpha value is -0.0800. The summed E-state index contributed by atoms with van der Waals surface area (Å²) < 4.78 is 5.21. The minimum atomic E-state index is 0.578. The van der Waals surface area contributed by atoms with Crippen molar-refractivity contribution < 1.29 is 4.74 Å². The molecule has 0 amide bonds. The second kappa shape index (κ2) is 4.73. The van der Waals surface area contributed by atoms with Crippen LogP contribution >= 0.6 is 0 Å². The molecule has 0 aliphatic heterocycles. The molecule has 2 nitrogen and oxygen atoms in total. The highest BCUT2D eigenvalue weighted by Crippen LogP contribution is 2.32. The fourth-order valence-corrected chi connectivity index (χ4v) is 1.67. The van der Waals surface area contributed by atoms with E-state index in [1.165, 1.54) is 25.7 Å². The number of rotatable bonds is 5. The standard InChI is InChI=1S/C9H19NO/c1-10-5-3-4-8-6-9(7-8)11-2/h8-10H,3-7H2,1-2H3. The molecular formula is C9H19NO. The van der Waals surface area contributed by atoms with Gasteiger partial charge in [0.05, 0.1) is 6.10 Å². The molecule has 1 aliphatic rings. The van der Waals surface area contributed by atoms with E-state index >= 15 is 0 Å². The van der Waals surface area contributed by atoms with Gasteiger partial charge >= 0.3 is 0 Å². The average Bonchev–Trinajstić information content (AvgIpc) is 1.94. The van der Waals surface area contributed by atoms with Crippen LogP contribution in [0.2, 0.25) is 0 Å². The Bertz CT molecular complexity index is 99.7. The zero-order valence-electron chi connectivity index (χ0n) is 7.60. The minimum absolute atomic E-state index is 0.578. The molecule has 1 fully saturated rings. The molecule has 0 aromatic rings. The summed E-state index contributed by atoms with van der Waals surface area (Å²) in [5.74, 6) is 0.952. The van der Waals surface area contributed by atoms with Crippen molar-refractivity contribution in [1.82, 2.24) is 5.32 Å². The van der Waals surface area contributed by atoms with Crippen molar-refractivity contribution in [2.45, 2.75) is 31.8 Å². The molecular weight excluding hydrogens is 138 g/mol. The molecule has 11 heavy (non-hydrogen) atoms. The van der Waals surface area contributed by atoms with Crippen LogP contribution in [0.5, 0.6) is 0 Å². The van der Waals surface area contributed by atoms with Gasteiger partial charge in [0.25, 0.3) is 0 Å². The minimum Gasteiger partial charge on any atom is -0.381 e. The molecule has 0 saturated heterocycles. The Balaban J connectivity index is 1.88. The summed E-state index contributed by atoms with van der Waals surface area (Å²) in [5, 5.41) is 3.17. The first kappa shape index (κ1) is 9.01. The molecule has 1 rings (SSSR count). The summed E-state index contributed by atoms with van der Waals surface area (Å²) in [6, 6.07) is 0. The Morgan fingerprint density at radius 2 is 2.18 bits per heavy atom. The van der Waals surface area contributed by atoms with Gasteiger partial charge < -0.3 is 10.1 Å². The van der Waals surface area contributed by atoms with Crippen LogP contribution in [-0.4, -0.2) is 26.8 Å². The van der Waals surface area contributed by atoms with E-state index in [-0.39, 0.29) is 0 Å². The molecule has 1 N–H and O–H groups in total. The lowest BCUT2D eigenvalue weighted by molar-refractivity contribution is -0.00201. The number of ether oxygens (including phenoxy) is 1. The third kappa shape index (κ3) is 2.80. The predicted molar refractivity (Wildman–Crippen MR) is 46.7 cm³/mol. The third-order valence-corrected chi connectivity index (χ3v) is 2.56. The van der Waals surface area contributed by atoms with E-state index in [0.29, 0.717) is 6.10 Å². The van der Waals surface area contributed by atoms with Crippen molar-refractivity contribution in [2.24, 2.45) is 5.92 Å². The largest absolute Gasteiger partial charge is 0.381 e. The lowest BCUT2D eigenvalue weighted by Crippen LogP contribution is -2.30. The number of hydrogen-bond donors (Lipinski definition) is 1. The highest BCUT2D eigenvalue weighted by atomic mass is 16.5. The summed E-state index contributed by atoms with van der Waals surface area (Å²) in [7, 11) is 3.83. The Kier molecular flexibility index (Phi) is 3.87. The quantitative estimate of drug-likeness (QED) is 0.609. The summed E-state index contributed by atoms with van der Waals surface area (Å²) >= 11 is 0. The van der Waals surface area contributed by atoms with Gasteiger partial charge in [-0.3, -0.25) is 0 Å². The molecule has 0 bridgehead atoms. The Morgan fingerprint density at radius 1 is 1.45 bits per heavy atom. The maximum atomic E-state index is 5.21. The summed E-state index contributed by atoms with van der Waals surface area (Å²) in [6.07, 6.45) is 5.85. The van der Waals surface area contributed by atoms with Crippen molar-refractivity contribution in [3.8, 4) is 0 Å². The average molecular weight is 157 g/mol. The number of hydrogen-bond acceptors (Lipinski definition) is 2. The topological polar surface area (TPSA) is 21.3 Å². The Morgan fingerprint density at radius 3 is 2.73 bits per heavy atom. The smallest absolute Gasteiger partial charge is 0.0576 e. The van der Waals surface area contributed by atoms with Crippen molar-refractivity contribution in [3.63, 3.8) is 0 Å². The first-order chi connectivity index (χ1) is 5.36. The van der Waals surface area contributed by atoms with Gasteiger partial charge in [-0.15, -0.1) is 0 Å². The van der Waals surface area contributed by atoms with Gasteiger partial charge in [0.1, 0.15) is 0 Å². The van der Waals surface area contributed by atoms with Gasteiger partial charge in [0.2, 0.25) is 0 Å². The number of methoxy groups -OCH3 is 1. The molecule has 0 radical (unpaired) electrons. The molecule has 0 atom stereocenters. The normalized spacial score (nSPS) is 30.0. The van der Waals surface area contributed by atoms with E-state index in [1.54, 1.807) is 0 Å². The fraction of sp³-hybridized carbons (Fsp3) is 1.00. The van der Waals surface area contributed by atoms with Crippen LogP contribution in [0.15, 0.2) is 0 Å². The van der Waals surface area contributed by atoms with Gasteiger partial charge in [-0.05, 0) is 45.2 Å². The molecule has 0 spiro atoms. The lowest BCUT2D eigenvalue weighted by Gasteiger charge is -2.34. The van der Waals surface area contributed by atoms with Crippen LogP contribution in [-0.2, 0) is 4.74 Å². The molecule has 0 unspecified atom stereocenters. The van der Waals surface area contributed by atoms with E-state index in [2.05, 4.69) is 5.32 Å². The van der Waals surface area contributed by atoms with Crippen LogP contribution < -0.4 is 5.32 Å². The molecule has 0 aromatic heterocycles. The molecule has 0 heterocycles. The summed E-state index contributed by atoms with van der Waals surface area (Å²) in [4.78, 5) is 0. The zero-order chi connectivity index (χ0) is 8.10. The van der Waals surface area contributed by atoms with Gasteiger partial charge in [0.15, 0.2) is 0 Å². The van der Waals surface area contributed by atoms with Crippen LogP contribution in [0.4, 0.5) is 0 Å². The van der Waals surface area contributed by atoms with Crippen LogP contribution in [0.1, 0.15) is 25.7 Å². The van der Waals surface area contributed by atoms with Gasteiger partial charge in [-0.2, -0.15) is 0 Å². The van der Waals surface area contributed by atoms with Gasteiger partial charge in [-0.25, -0.2) is 0 Å². The van der Waals surface area contributed by atoms with E-state index in [1.807, 2.05) is 14.2 Å². The monoisotopic (exact) mass is 157 g/mol. The fourth-order valence-electron chi connectivity index (χ4n) is 1.67. The molecule has 66 valence electrons. The molecule has 1 aliphatic carbocycles. The third-order valence-electron chi connectivity index (χ3n) is 2.56. The van der Waals surface area contributed by atoms with Gasteiger partial charge in [-0.1, -0.05) is 0 Å². The van der Waals surface area contributed by atoms with Crippen molar-refractivity contribution in [1.29, 1.82) is 0 Å². The van der Waals surface area contributed by atoms with E-state index in [9.17, 15) is 0 Å². The van der Waals surface area contributed by atoms with Crippen LogP contribution in [0.3, 0.4) is 0 Å². The zero-order valence-corrected chi connectivity index (χ0v) is 7.60. The SMILES string of the molecule is CNCCCC1CC(OC)C1. The first-order valence-electron chi connectivity index (χ1n) is 4.54. The van der Waals surface area contributed by atoms with Crippen LogP contribution in [0, 0.1) is 5.92 Å². The highest BCUT2D eigenvalue weighted by Gasteiger charge is 2.27. The second-order valence-electron chi connectivity index (χ2n) is 3.44. The number of nitrogens with one attached hydrogen (secondary N) is 1. The highest BCUT2D eigenvalue weighted by molar-refractivity contribution is 4.79. The predicted octanol–water partition coefficient (Wildman–Crippen LogP) is 1.41. The first-order valence-corrected chi connectivity index (χ1v) is 4.54.